The minimum absolute atomic E-state index is 0.0401. The molecule has 0 saturated carbocycles. The fraction of sp³-hybridized carbons (Fsp3) is 0.160. The molecular weight excluding hydrogens is 412 g/mol. The third-order valence-corrected chi connectivity index (χ3v) is 5.99. The van der Waals surface area contributed by atoms with Crippen LogP contribution in [0.4, 0.5) is 0 Å². The van der Waals surface area contributed by atoms with Gasteiger partial charge in [-0.2, -0.15) is 0 Å². The van der Waals surface area contributed by atoms with Gasteiger partial charge >= 0.3 is 0 Å². The summed E-state index contributed by atoms with van der Waals surface area (Å²) in [5.74, 6) is 8.78. The molecule has 156 valence electrons. The molecule has 0 amide bonds. The van der Waals surface area contributed by atoms with Crippen LogP contribution in [0.25, 0.3) is 20.2 Å². The number of hydrogen-bond donors (Lipinski definition) is 0. The summed E-state index contributed by atoms with van der Waals surface area (Å²) in [6.07, 6.45) is 0. The van der Waals surface area contributed by atoms with Crippen molar-refractivity contribution in [3.63, 3.8) is 0 Å². The maximum absolute atomic E-state index is 13.0. The molecule has 1 aromatic heterocycles. The van der Waals surface area contributed by atoms with Crippen molar-refractivity contribution in [2.24, 2.45) is 0 Å². The van der Waals surface area contributed by atoms with Crippen LogP contribution in [-0.2, 0) is 0 Å². The predicted octanol–water partition coefficient (Wildman–Crippen LogP) is 4.85. The van der Waals surface area contributed by atoms with Gasteiger partial charge in [0.25, 0.3) is 0 Å². The highest BCUT2D eigenvalue weighted by Gasteiger charge is 2.12. The van der Waals surface area contributed by atoms with E-state index < -0.39 is 0 Å². The van der Waals surface area contributed by atoms with Gasteiger partial charge in [0.2, 0.25) is 0 Å². The van der Waals surface area contributed by atoms with Crippen LogP contribution in [0, 0.1) is 11.8 Å². The molecule has 5 nitrogen and oxygen atoms in total. The molecule has 4 aromatic rings. The van der Waals surface area contributed by atoms with Gasteiger partial charge in [-0.1, -0.05) is 11.8 Å². The lowest BCUT2D eigenvalue weighted by Crippen LogP contribution is -2.02. The van der Waals surface area contributed by atoms with E-state index in [1.807, 2.05) is 36.4 Å². The average molecular weight is 432 g/mol. The molecule has 4 rings (SSSR count). The predicted molar refractivity (Wildman–Crippen MR) is 124 cm³/mol. The highest BCUT2D eigenvalue weighted by atomic mass is 32.1. The Balaban J connectivity index is 1.81. The summed E-state index contributed by atoms with van der Waals surface area (Å²) < 4.78 is 23.0. The van der Waals surface area contributed by atoms with Crippen molar-refractivity contribution in [2.75, 3.05) is 28.4 Å². The molecule has 0 saturated heterocycles. The van der Waals surface area contributed by atoms with Crippen molar-refractivity contribution in [1.29, 1.82) is 0 Å². The first-order valence-corrected chi connectivity index (χ1v) is 10.3. The molecule has 0 radical (unpaired) electrons. The topological polar surface area (TPSA) is 54.0 Å². The molecule has 1 heterocycles. The standard InChI is InChI=1S/C25H20O5S/c1-27-17-9-16(10-18(12-17)28-2)6-5-15-7-8-19-23(11-15)31-24-14-22(30-4)21(29-3)13-20(24)25(19)26/h7-14H,1-4H3. The Kier molecular flexibility index (Phi) is 5.70. The molecule has 0 spiro atoms. The third-order valence-electron chi connectivity index (χ3n) is 4.88. The van der Waals surface area contributed by atoms with Crippen molar-refractivity contribution in [1.82, 2.24) is 0 Å². The van der Waals surface area contributed by atoms with Gasteiger partial charge in [-0.25, -0.2) is 0 Å². The fourth-order valence-electron chi connectivity index (χ4n) is 3.28. The highest BCUT2D eigenvalue weighted by molar-refractivity contribution is 7.24. The first kappa shape index (κ1) is 20.6. The van der Waals surface area contributed by atoms with Gasteiger partial charge in [0.05, 0.1) is 28.4 Å². The van der Waals surface area contributed by atoms with Crippen molar-refractivity contribution in [3.05, 3.63) is 69.9 Å². The number of fused-ring (bicyclic) bond motifs is 2. The summed E-state index contributed by atoms with van der Waals surface area (Å²) in [5.41, 5.74) is 1.55. The molecule has 0 atom stereocenters. The van der Waals surface area contributed by atoms with Gasteiger partial charge in [-0.15, -0.1) is 11.3 Å². The normalized spacial score (nSPS) is 10.5. The van der Waals surface area contributed by atoms with Crippen LogP contribution in [0.1, 0.15) is 11.1 Å². The van der Waals surface area contributed by atoms with E-state index in [0.29, 0.717) is 33.8 Å². The number of hydrogen-bond acceptors (Lipinski definition) is 6. The highest BCUT2D eigenvalue weighted by Crippen LogP contribution is 2.35. The van der Waals surface area contributed by atoms with Gasteiger partial charge < -0.3 is 18.9 Å². The largest absolute Gasteiger partial charge is 0.497 e. The lowest BCUT2D eigenvalue weighted by molar-refractivity contribution is 0.356. The van der Waals surface area contributed by atoms with Crippen LogP contribution < -0.4 is 24.4 Å². The third kappa shape index (κ3) is 4.00. The molecule has 31 heavy (non-hydrogen) atoms. The zero-order valence-corrected chi connectivity index (χ0v) is 18.4. The number of benzene rings is 3. The van der Waals surface area contributed by atoms with Gasteiger partial charge in [-0.05, 0) is 36.4 Å². The zero-order valence-electron chi connectivity index (χ0n) is 17.6. The van der Waals surface area contributed by atoms with Crippen LogP contribution in [0.5, 0.6) is 23.0 Å². The number of ether oxygens (including phenoxy) is 4. The number of rotatable bonds is 4. The average Bonchev–Trinajstić information content (AvgIpc) is 2.81. The van der Waals surface area contributed by atoms with E-state index in [1.54, 1.807) is 40.6 Å². The summed E-state index contributed by atoms with van der Waals surface area (Å²) >= 11 is 1.52. The molecule has 3 aromatic carbocycles. The minimum Gasteiger partial charge on any atom is -0.497 e. The van der Waals surface area contributed by atoms with Crippen LogP contribution in [0.3, 0.4) is 0 Å². The summed E-state index contributed by atoms with van der Waals surface area (Å²) in [7, 11) is 6.34. The summed E-state index contributed by atoms with van der Waals surface area (Å²) in [6, 6.07) is 14.7. The van der Waals surface area contributed by atoms with Crippen LogP contribution in [-0.4, -0.2) is 28.4 Å². The Hall–Kier alpha value is -3.69. The zero-order chi connectivity index (χ0) is 22.0. The van der Waals surface area contributed by atoms with Crippen molar-refractivity contribution in [2.45, 2.75) is 0 Å². The van der Waals surface area contributed by atoms with Crippen LogP contribution >= 0.6 is 11.3 Å². The first-order valence-electron chi connectivity index (χ1n) is 9.44. The number of methoxy groups -OCH3 is 4. The Labute approximate surface area is 183 Å². The molecule has 0 aliphatic heterocycles. The molecule has 0 unspecified atom stereocenters. The second-order valence-electron chi connectivity index (χ2n) is 6.70. The Morgan fingerprint density at radius 3 is 1.90 bits per heavy atom. The smallest absolute Gasteiger partial charge is 0.196 e. The van der Waals surface area contributed by atoms with Crippen LogP contribution in [0.15, 0.2) is 53.3 Å². The molecule has 0 N–H and O–H groups in total. The van der Waals surface area contributed by atoms with E-state index in [4.69, 9.17) is 18.9 Å². The monoisotopic (exact) mass is 432 g/mol. The molecule has 6 heteroatoms. The first-order chi connectivity index (χ1) is 15.1. The maximum Gasteiger partial charge on any atom is 0.196 e. The van der Waals surface area contributed by atoms with Crippen LogP contribution in [0.2, 0.25) is 0 Å². The lowest BCUT2D eigenvalue weighted by Gasteiger charge is -2.09. The Bertz CT molecular complexity index is 1390. The molecule has 0 aliphatic rings. The van der Waals surface area contributed by atoms with Crippen molar-refractivity contribution >= 4 is 31.5 Å². The maximum atomic E-state index is 13.0. The Morgan fingerprint density at radius 1 is 0.645 bits per heavy atom. The fourth-order valence-corrected chi connectivity index (χ4v) is 4.40. The van der Waals surface area contributed by atoms with Gasteiger partial charge in [0.1, 0.15) is 11.5 Å². The van der Waals surface area contributed by atoms with E-state index in [9.17, 15) is 4.79 Å². The van der Waals surface area contributed by atoms with E-state index in [-0.39, 0.29) is 5.43 Å². The minimum atomic E-state index is -0.0401. The summed E-state index contributed by atoms with van der Waals surface area (Å²) in [5, 5.41) is 1.26. The molecule has 0 aliphatic carbocycles. The SMILES string of the molecule is COc1cc(C#Cc2ccc3c(=O)c4cc(OC)c(OC)cc4sc3c2)cc(OC)c1. The van der Waals surface area contributed by atoms with E-state index in [0.717, 1.165) is 20.5 Å². The lowest BCUT2D eigenvalue weighted by atomic mass is 10.1. The molecule has 0 bridgehead atoms. The summed E-state index contributed by atoms with van der Waals surface area (Å²) in [6.45, 7) is 0. The van der Waals surface area contributed by atoms with E-state index in [2.05, 4.69) is 11.8 Å². The Morgan fingerprint density at radius 2 is 1.26 bits per heavy atom. The van der Waals surface area contributed by atoms with Gasteiger partial charge in [0, 0.05) is 43.4 Å². The molecular formula is C25H20O5S. The van der Waals surface area contributed by atoms with Crippen molar-refractivity contribution in [3.8, 4) is 34.8 Å². The van der Waals surface area contributed by atoms with Crippen molar-refractivity contribution < 1.29 is 18.9 Å². The van der Waals surface area contributed by atoms with E-state index in [1.165, 1.54) is 11.3 Å². The van der Waals surface area contributed by atoms with Gasteiger partial charge in [0.15, 0.2) is 16.9 Å². The van der Waals surface area contributed by atoms with E-state index >= 15 is 0 Å². The second kappa shape index (κ2) is 8.58. The summed E-state index contributed by atoms with van der Waals surface area (Å²) in [4.78, 5) is 13.0. The second-order valence-corrected chi connectivity index (χ2v) is 7.78. The van der Waals surface area contributed by atoms with Gasteiger partial charge in [-0.3, -0.25) is 4.79 Å². The quantitative estimate of drug-likeness (QED) is 0.341. The molecule has 0 fully saturated rings.